The minimum absolute atomic E-state index is 0.393. The molecule has 27 heavy (non-hydrogen) atoms. The van der Waals surface area contributed by atoms with Crippen molar-refractivity contribution in [2.45, 2.75) is 13.8 Å². The molecule has 0 aliphatic heterocycles. The summed E-state index contributed by atoms with van der Waals surface area (Å²) < 4.78 is 5.23. The molecule has 0 radical (unpaired) electrons. The van der Waals surface area contributed by atoms with Gasteiger partial charge in [0.05, 0.1) is 24.4 Å². The third kappa shape index (κ3) is 4.06. The van der Waals surface area contributed by atoms with E-state index in [-0.39, 0.29) is 0 Å². The van der Waals surface area contributed by atoms with Gasteiger partial charge in [0.1, 0.15) is 5.75 Å². The lowest BCUT2D eigenvalue weighted by molar-refractivity contribution is 0.415. The maximum Gasteiger partial charge on any atom is 0.191 e. The fourth-order valence-corrected chi connectivity index (χ4v) is 4.15. The largest absolute Gasteiger partial charge is 0.497 e. The van der Waals surface area contributed by atoms with Crippen molar-refractivity contribution in [2.24, 2.45) is 0 Å². The van der Waals surface area contributed by atoms with Crippen molar-refractivity contribution >= 4 is 45.4 Å². The van der Waals surface area contributed by atoms with E-state index in [0.717, 1.165) is 32.5 Å². The summed E-state index contributed by atoms with van der Waals surface area (Å²) in [5, 5.41) is 2.05. The zero-order chi connectivity index (χ0) is 19.6. The Bertz CT molecular complexity index is 1020. The van der Waals surface area contributed by atoms with Gasteiger partial charge in [0.15, 0.2) is 5.13 Å². The van der Waals surface area contributed by atoms with Crippen LogP contribution in [0.2, 0.25) is 10.0 Å². The van der Waals surface area contributed by atoms with Crippen molar-refractivity contribution in [3.8, 4) is 29.4 Å². The molecular formula is C21H18Cl2N2OS. The molecule has 1 heterocycles. The summed E-state index contributed by atoms with van der Waals surface area (Å²) in [5.41, 5.74) is 3.72. The van der Waals surface area contributed by atoms with E-state index in [1.165, 1.54) is 0 Å². The van der Waals surface area contributed by atoms with E-state index in [1.807, 2.05) is 49.1 Å². The first-order valence-electron chi connectivity index (χ1n) is 8.23. The second-order valence-corrected chi connectivity index (χ2v) is 7.99. The number of benzene rings is 2. The van der Waals surface area contributed by atoms with E-state index < -0.39 is 0 Å². The van der Waals surface area contributed by atoms with Crippen LogP contribution in [0.1, 0.15) is 10.4 Å². The maximum absolute atomic E-state index is 6.45. The number of halogens is 2. The van der Waals surface area contributed by atoms with Crippen LogP contribution in [0.25, 0.3) is 11.3 Å². The number of aryl methyl sites for hydroxylation is 2. The summed E-state index contributed by atoms with van der Waals surface area (Å²) in [6, 6.07) is 11.3. The number of anilines is 2. The third-order valence-electron chi connectivity index (χ3n) is 4.16. The molecule has 0 atom stereocenters. The van der Waals surface area contributed by atoms with E-state index in [2.05, 4.69) is 5.92 Å². The number of ether oxygens (including phenoxy) is 1. The van der Waals surface area contributed by atoms with Gasteiger partial charge >= 0.3 is 0 Å². The van der Waals surface area contributed by atoms with Crippen LogP contribution in [0.5, 0.6) is 5.75 Å². The molecule has 1 aromatic heterocycles. The SMILES string of the molecule is C#CCN(c1nc(-c2ccc(OC)cc2Cl)c(C)s1)c1cc(Cl)ccc1C. The molecule has 0 amide bonds. The van der Waals surface area contributed by atoms with Crippen LogP contribution < -0.4 is 9.64 Å². The molecule has 6 heteroatoms. The Balaban J connectivity index is 2.08. The Labute approximate surface area is 173 Å². The minimum Gasteiger partial charge on any atom is -0.497 e. The molecule has 0 aliphatic rings. The first-order chi connectivity index (χ1) is 12.9. The second-order valence-electron chi connectivity index (χ2n) is 5.97. The van der Waals surface area contributed by atoms with Crippen molar-refractivity contribution in [2.75, 3.05) is 18.6 Å². The molecule has 0 fully saturated rings. The van der Waals surface area contributed by atoms with Crippen LogP contribution in [0.3, 0.4) is 0 Å². The number of rotatable bonds is 5. The van der Waals surface area contributed by atoms with Crippen molar-refractivity contribution in [3.05, 3.63) is 56.9 Å². The monoisotopic (exact) mass is 416 g/mol. The van der Waals surface area contributed by atoms with Crippen LogP contribution in [0.4, 0.5) is 10.8 Å². The maximum atomic E-state index is 6.45. The van der Waals surface area contributed by atoms with E-state index in [0.29, 0.717) is 22.3 Å². The number of hydrogen-bond acceptors (Lipinski definition) is 4. The fraction of sp³-hybridized carbons (Fsp3) is 0.190. The van der Waals surface area contributed by atoms with Gasteiger partial charge in [-0.15, -0.1) is 17.8 Å². The highest BCUT2D eigenvalue weighted by Gasteiger charge is 2.19. The molecule has 3 rings (SSSR count). The van der Waals surface area contributed by atoms with Gasteiger partial charge in [-0.3, -0.25) is 0 Å². The summed E-state index contributed by atoms with van der Waals surface area (Å²) in [4.78, 5) is 7.90. The lowest BCUT2D eigenvalue weighted by atomic mass is 10.1. The molecular weight excluding hydrogens is 399 g/mol. The van der Waals surface area contributed by atoms with Crippen molar-refractivity contribution in [1.82, 2.24) is 4.98 Å². The van der Waals surface area contributed by atoms with Gasteiger partial charge in [0.2, 0.25) is 0 Å². The number of thiazole rings is 1. The van der Waals surface area contributed by atoms with E-state index in [9.17, 15) is 0 Å². The number of hydrogen-bond donors (Lipinski definition) is 0. The van der Waals surface area contributed by atoms with Gasteiger partial charge in [0, 0.05) is 21.2 Å². The Kier molecular flexibility index (Phi) is 5.96. The van der Waals surface area contributed by atoms with E-state index in [1.54, 1.807) is 24.5 Å². The van der Waals surface area contributed by atoms with Crippen molar-refractivity contribution in [1.29, 1.82) is 0 Å². The number of nitrogens with zero attached hydrogens (tertiary/aromatic N) is 2. The summed E-state index contributed by atoms with van der Waals surface area (Å²) >= 11 is 14.2. The highest BCUT2D eigenvalue weighted by atomic mass is 35.5. The second kappa shape index (κ2) is 8.22. The molecule has 0 spiro atoms. The highest BCUT2D eigenvalue weighted by Crippen LogP contribution is 2.40. The molecule has 0 bridgehead atoms. The van der Waals surface area contributed by atoms with Crippen LogP contribution in [0.15, 0.2) is 36.4 Å². The summed E-state index contributed by atoms with van der Waals surface area (Å²) in [7, 11) is 1.61. The summed E-state index contributed by atoms with van der Waals surface area (Å²) in [6.45, 7) is 4.44. The average molecular weight is 417 g/mol. The molecule has 3 aromatic rings. The zero-order valence-corrected chi connectivity index (χ0v) is 17.5. The van der Waals surface area contributed by atoms with Crippen LogP contribution in [0, 0.1) is 26.2 Å². The number of aromatic nitrogens is 1. The topological polar surface area (TPSA) is 25.4 Å². The number of terminal acetylenes is 1. The molecule has 3 nitrogen and oxygen atoms in total. The lowest BCUT2D eigenvalue weighted by Crippen LogP contribution is -2.18. The standard InChI is InChI=1S/C21H18Cl2N2OS/c1-5-10-25(19-11-15(22)7-6-13(19)2)21-24-20(14(3)27-21)17-9-8-16(26-4)12-18(17)23/h1,6-9,11-12H,10H2,2-4H3. The Morgan fingerprint density at radius 1 is 1.19 bits per heavy atom. The van der Waals surface area contributed by atoms with Crippen molar-refractivity contribution in [3.63, 3.8) is 0 Å². The van der Waals surface area contributed by atoms with E-state index in [4.69, 9.17) is 39.3 Å². The minimum atomic E-state index is 0.393. The molecule has 0 N–H and O–H groups in total. The van der Waals surface area contributed by atoms with Gasteiger partial charge in [-0.25, -0.2) is 4.98 Å². The normalized spacial score (nSPS) is 10.5. The van der Waals surface area contributed by atoms with Gasteiger partial charge in [-0.05, 0) is 49.7 Å². The fourth-order valence-electron chi connectivity index (χ4n) is 2.78. The summed E-state index contributed by atoms with van der Waals surface area (Å²) in [6.07, 6.45) is 5.62. The Hall–Kier alpha value is -2.19. The predicted octanol–water partition coefficient (Wildman–Crippen LogP) is 6.51. The first kappa shape index (κ1) is 19.6. The molecule has 0 saturated heterocycles. The van der Waals surface area contributed by atoms with Gasteiger partial charge in [0.25, 0.3) is 0 Å². The van der Waals surface area contributed by atoms with Gasteiger partial charge < -0.3 is 9.64 Å². The first-order valence-corrected chi connectivity index (χ1v) is 9.80. The Morgan fingerprint density at radius 2 is 1.96 bits per heavy atom. The average Bonchev–Trinajstić information content (AvgIpc) is 3.03. The molecule has 2 aromatic carbocycles. The number of methoxy groups -OCH3 is 1. The van der Waals surface area contributed by atoms with Crippen LogP contribution in [-0.2, 0) is 0 Å². The van der Waals surface area contributed by atoms with Crippen LogP contribution >= 0.6 is 34.5 Å². The van der Waals surface area contributed by atoms with Gasteiger partial charge in [-0.2, -0.15) is 0 Å². The quantitative estimate of drug-likeness (QED) is 0.442. The zero-order valence-electron chi connectivity index (χ0n) is 15.2. The summed E-state index contributed by atoms with van der Waals surface area (Å²) in [5.74, 6) is 3.42. The Morgan fingerprint density at radius 3 is 2.63 bits per heavy atom. The smallest absolute Gasteiger partial charge is 0.191 e. The molecule has 138 valence electrons. The lowest BCUT2D eigenvalue weighted by Gasteiger charge is -2.21. The highest BCUT2D eigenvalue weighted by molar-refractivity contribution is 7.16. The predicted molar refractivity (Wildman–Crippen MR) is 116 cm³/mol. The molecule has 0 aliphatic carbocycles. The molecule has 0 saturated carbocycles. The van der Waals surface area contributed by atoms with Crippen LogP contribution in [-0.4, -0.2) is 18.6 Å². The van der Waals surface area contributed by atoms with Gasteiger partial charge in [-0.1, -0.05) is 35.2 Å². The third-order valence-corrected chi connectivity index (χ3v) is 5.70. The molecule has 0 unspecified atom stereocenters. The van der Waals surface area contributed by atoms with E-state index >= 15 is 0 Å². The van der Waals surface area contributed by atoms with Crippen molar-refractivity contribution < 1.29 is 4.74 Å².